The zero-order chi connectivity index (χ0) is 12.0. The summed E-state index contributed by atoms with van der Waals surface area (Å²) >= 11 is 1.75. The quantitative estimate of drug-likeness (QED) is 0.827. The predicted molar refractivity (Wildman–Crippen MR) is 70.8 cm³/mol. The zero-order valence-corrected chi connectivity index (χ0v) is 11.4. The third kappa shape index (κ3) is 5.64. The standard InChI is InChI=1S/C13H23NOS/c1-13(2,3)11-14(6-4-7-15)9-12-5-8-16-10-12/h5,8,10,15H,4,6-7,9,11H2,1-3H3. The van der Waals surface area contributed by atoms with E-state index in [-0.39, 0.29) is 6.61 Å². The first-order valence-corrected chi connectivity index (χ1v) is 6.80. The first-order valence-electron chi connectivity index (χ1n) is 5.85. The Kier molecular flexibility index (Phi) is 5.46. The van der Waals surface area contributed by atoms with Gasteiger partial charge in [0.1, 0.15) is 0 Å². The molecule has 0 radical (unpaired) electrons. The van der Waals surface area contributed by atoms with E-state index in [1.54, 1.807) is 11.3 Å². The lowest BCUT2D eigenvalue weighted by Gasteiger charge is -2.29. The summed E-state index contributed by atoms with van der Waals surface area (Å²) in [5, 5.41) is 13.2. The fourth-order valence-electron chi connectivity index (χ4n) is 1.82. The highest BCUT2D eigenvalue weighted by atomic mass is 32.1. The van der Waals surface area contributed by atoms with Gasteiger partial charge in [0.05, 0.1) is 0 Å². The van der Waals surface area contributed by atoms with Crippen molar-refractivity contribution < 1.29 is 5.11 Å². The SMILES string of the molecule is CC(C)(C)CN(CCCO)Cc1ccsc1. The summed E-state index contributed by atoms with van der Waals surface area (Å²) in [5.74, 6) is 0. The molecule has 0 bridgehead atoms. The number of thiophene rings is 1. The maximum Gasteiger partial charge on any atom is 0.0443 e. The molecule has 0 saturated carbocycles. The van der Waals surface area contributed by atoms with Crippen molar-refractivity contribution in [1.29, 1.82) is 0 Å². The molecular formula is C13H23NOS. The van der Waals surface area contributed by atoms with E-state index in [2.05, 4.69) is 42.5 Å². The van der Waals surface area contributed by atoms with Crippen LogP contribution in [-0.4, -0.2) is 29.7 Å². The van der Waals surface area contributed by atoms with Crippen molar-refractivity contribution in [3.05, 3.63) is 22.4 Å². The highest BCUT2D eigenvalue weighted by Gasteiger charge is 2.16. The minimum absolute atomic E-state index is 0.282. The van der Waals surface area contributed by atoms with Gasteiger partial charge in [-0.05, 0) is 34.2 Å². The summed E-state index contributed by atoms with van der Waals surface area (Å²) in [6.07, 6.45) is 0.861. The van der Waals surface area contributed by atoms with E-state index in [0.717, 1.165) is 26.1 Å². The monoisotopic (exact) mass is 241 g/mol. The van der Waals surface area contributed by atoms with E-state index in [0.29, 0.717) is 5.41 Å². The number of aliphatic hydroxyl groups excluding tert-OH is 1. The van der Waals surface area contributed by atoms with Crippen LogP contribution in [0.5, 0.6) is 0 Å². The lowest BCUT2D eigenvalue weighted by atomic mass is 9.96. The fraction of sp³-hybridized carbons (Fsp3) is 0.692. The summed E-state index contributed by atoms with van der Waals surface area (Å²) < 4.78 is 0. The first kappa shape index (κ1) is 13.7. The Bertz CT molecular complexity index is 277. The van der Waals surface area contributed by atoms with Gasteiger partial charge < -0.3 is 5.11 Å². The molecule has 0 aliphatic rings. The first-order chi connectivity index (χ1) is 7.51. The van der Waals surface area contributed by atoms with Crippen LogP contribution < -0.4 is 0 Å². The molecule has 0 fully saturated rings. The minimum Gasteiger partial charge on any atom is -0.396 e. The summed E-state index contributed by atoms with van der Waals surface area (Å²) in [6, 6.07) is 2.18. The van der Waals surface area contributed by atoms with Crippen LogP contribution in [-0.2, 0) is 6.54 Å². The number of aliphatic hydroxyl groups is 1. The summed E-state index contributed by atoms with van der Waals surface area (Å²) in [5.41, 5.74) is 1.69. The highest BCUT2D eigenvalue weighted by Crippen LogP contribution is 2.18. The fourth-order valence-corrected chi connectivity index (χ4v) is 2.48. The van der Waals surface area contributed by atoms with Crippen LogP contribution in [0.1, 0.15) is 32.8 Å². The van der Waals surface area contributed by atoms with Crippen LogP contribution in [0.4, 0.5) is 0 Å². The van der Waals surface area contributed by atoms with Crippen molar-refractivity contribution in [3.8, 4) is 0 Å². The second-order valence-electron chi connectivity index (χ2n) is 5.48. The number of hydrogen-bond acceptors (Lipinski definition) is 3. The smallest absolute Gasteiger partial charge is 0.0443 e. The second kappa shape index (κ2) is 6.38. The summed E-state index contributed by atoms with van der Waals surface area (Å²) in [6.45, 7) is 10.1. The Hall–Kier alpha value is -0.380. The van der Waals surface area contributed by atoms with Gasteiger partial charge in [-0.15, -0.1) is 0 Å². The molecule has 1 aromatic rings. The van der Waals surface area contributed by atoms with Gasteiger partial charge in [0.2, 0.25) is 0 Å². The minimum atomic E-state index is 0.282. The van der Waals surface area contributed by atoms with Crippen molar-refractivity contribution in [2.45, 2.75) is 33.7 Å². The van der Waals surface area contributed by atoms with Crippen molar-refractivity contribution in [2.24, 2.45) is 5.41 Å². The van der Waals surface area contributed by atoms with Gasteiger partial charge in [-0.25, -0.2) is 0 Å². The second-order valence-corrected chi connectivity index (χ2v) is 6.26. The van der Waals surface area contributed by atoms with Crippen LogP contribution in [0.3, 0.4) is 0 Å². The molecular weight excluding hydrogens is 218 g/mol. The third-order valence-corrected chi connectivity index (χ3v) is 3.05. The molecule has 0 atom stereocenters. The van der Waals surface area contributed by atoms with Crippen LogP contribution in [0, 0.1) is 5.41 Å². The van der Waals surface area contributed by atoms with E-state index in [9.17, 15) is 0 Å². The Morgan fingerprint density at radius 1 is 1.38 bits per heavy atom. The Morgan fingerprint density at radius 3 is 2.62 bits per heavy atom. The van der Waals surface area contributed by atoms with Gasteiger partial charge in [-0.3, -0.25) is 4.90 Å². The van der Waals surface area contributed by atoms with E-state index >= 15 is 0 Å². The Balaban J connectivity index is 2.50. The molecule has 92 valence electrons. The van der Waals surface area contributed by atoms with Gasteiger partial charge in [0.25, 0.3) is 0 Å². The molecule has 3 heteroatoms. The van der Waals surface area contributed by atoms with Crippen LogP contribution >= 0.6 is 11.3 Å². The Labute approximate surface area is 103 Å². The number of rotatable bonds is 6. The van der Waals surface area contributed by atoms with Crippen molar-refractivity contribution >= 4 is 11.3 Å². The lowest BCUT2D eigenvalue weighted by molar-refractivity contribution is 0.166. The third-order valence-electron chi connectivity index (χ3n) is 2.32. The molecule has 1 N–H and O–H groups in total. The van der Waals surface area contributed by atoms with Gasteiger partial charge in [0, 0.05) is 26.2 Å². The molecule has 0 aromatic carbocycles. The molecule has 2 nitrogen and oxygen atoms in total. The average Bonchev–Trinajstić information content (AvgIpc) is 2.64. The highest BCUT2D eigenvalue weighted by molar-refractivity contribution is 7.07. The van der Waals surface area contributed by atoms with Gasteiger partial charge in [0.15, 0.2) is 0 Å². The predicted octanol–water partition coefficient (Wildman–Crippen LogP) is 2.98. The lowest BCUT2D eigenvalue weighted by Crippen LogP contribution is -2.33. The van der Waals surface area contributed by atoms with Crippen LogP contribution in [0.15, 0.2) is 16.8 Å². The maximum atomic E-state index is 8.91. The topological polar surface area (TPSA) is 23.5 Å². The molecule has 0 spiro atoms. The molecule has 1 rings (SSSR count). The van der Waals surface area contributed by atoms with E-state index < -0.39 is 0 Å². The molecule has 0 aliphatic carbocycles. The molecule has 1 aromatic heterocycles. The number of hydrogen-bond donors (Lipinski definition) is 1. The molecule has 0 unspecified atom stereocenters. The average molecular weight is 241 g/mol. The van der Waals surface area contributed by atoms with Gasteiger partial charge in [-0.1, -0.05) is 20.8 Å². The summed E-state index contributed by atoms with van der Waals surface area (Å²) in [4.78, 5) is 2.43. The van der Waals surface area contributed by atoms with Gasteiger partial charge in [-0.2, -0.15) is 11.3 Å². The van der Waals surface area contributed by atoms with E-state index in [4.69, 9.17) is 5.11 Å². The number of nitrogens with zero attached hydrogens (tertiary/aromatic N) is 1. The molecule has 0 amide bonds. The largest absolute Gasteiger partial charge is 0.396 e. The van der Waals surface area contributed by atoms with Crippen molar-refractivity contribution in [1.82, 2.24) is 4.90 Å². The normalized spacial score (nSPS) is 12.3. The Morgan fingerprint density at radius 2 is 2.12 bits per heavy atom. The van der Waals surface area contributed by atoms with Crippen molar-refractivity contribution in [2.75, 3.05) is 19.7 Å². The molecule has 16 heavy (non-hydrogen) atoms. The van der Waals surface area contributed by atoms with Crippen LogP contribution in [0.2, 0.25) is 0 Å². The van der Waals surface area contributed by atoms with E-state index in [1.807, 2.05) is 0 Å². The maximum absolute atomic E-state index is 8.91. The molecule has 0 aliphatic heterocycles. The van der Waals surface area contributed by atoms with Gasteiger partial charge >= 0.3 is 0 Å². The zero-order valence-electron chi connectivity index (χ0n) is 10.6. The van der Waals surface area contributed by atoms with Crippen molar-refractivity contribution in [3.63, 3.8) is 0 Å². The summed E-state index contributed by atoms with van der Waals surface area (Å²) in [7, 11) is 0. The molecule has 0 saturated heterocycles. The molecule has 1 heterocycles. The van der Waals surface area contributed by atoms with Crippen LogP contribution in [0.25, 0.3) is 0 Å². The van der Waals surface area contributed by atoms with E-state index in [1.165, 1.54) is 5.56 Å².